The molecule has 1 aromatic carbocycles. The summed E-state index contributed by atoms with van der Waals surface area (Å²) in [7, 11) is 0. The SMILES string of the molecule is CCC(N)CC(C)CCC(=O)c1ccccc1. The number of carbonyl (C=O) groups excluding carboxylic acids is 1. The van der Waals surface area contributed by atoms with Gasteiger partial charge in [0, 0.05) is 18.0 Å². The van der Waals surface area contributed by atoms with Crippen LogP contribution in [0.4, 0.5) is 0 Å². The Kier molecular flexibility index (Phi) is 5.92. The van der Waals surface area contributed by atoms with Crippen molar-refractivity contribution in [1.29, 1.82) is 0 Å². The summed E-state index contributed by atoms with van der Waals surface area (Å²) in [5, 5.41) is 0. The van der Waals surface area contributed by atoms with Gasteiger partial charge in [0.15, 0.2) is 5.78 Å². The van der Waals surface area contributed by atoms with Crippen LogP contribution in [0.2, 0.25) is 0 Å². The minimum Gasteiger partial charge on any atom is -0.328 e. The number of carbonyl (C=O) groups is 1. The predicted molar refractivity (Wildman–Crippen MR) is 72.1 cm³/mol. The molecule has 0 bridgehead atoms. The summed E-state index contributed by atoms with van der Waals surface area (Å²) in [5.41, 5.74) is 6.73. The van der Waals surface area contributed by atoms with Gasteiger partial charge in [-0.2, -0.15) is 0 Å². The van der Waals surface area contributed by atoms with Crippen molar-refractivity contribution in [3.05, 3.63) is 35.9 Å². The van der Waals surface area contributed by atoms with Crippen molar-refractivity contribution < 1.29 is 4.79 Å². The topological polar surface area (TPSA) is 43.1 Å². The summed E-state index contributed by atoms with van der Waals surface area (Å²) < 4.78 is 0. The monoisotopic (exact) mass is 233 g/mol. The molecule has 0 aliphatic carbocycles. The molecule has 17 heavy (non-hydrogen) atoms. The van der Waals surface area contributed by atoms with Gasteiger partial charge in [0.05, 0.1) is 0 Å². The molecule has 0 amide bonds. The molecule has 0 radical (unpaired) electrons. The molecule has 0 aliphatic rings. The third-order valence-corrected chi connectivity index (χ3v) is 3.19. The van der Waals surface area contributed by atoms with Crippen LogP contribution < -0.4 is 5.73 Å². The summed E-state index contributed by atoms with van der Waals surface area (Å²) in [6.45, 7) is 4.28. The van der Waals surface area contributed by atoms with Crippen LogP contribution in [0.15, 0.2) is 30.3 Å². The van der Waals surface area contributed by atoms with Gasteiger partial charge in [-0.1, -0.05) is 44.2 Å². The summed E-state index contributed by atoms with van der Waals surface area (Å²) in [5.74, 6) is 0.764. The summed E-state index contributed by atoms with van der Waals surface area (Å²) in [4.78, 5) is 11.9. The molecular formula is C15H23NO. The van der Waals surface area contributed by atoms with E-state index in [1.165, 1.54) is 0 Å². The van der Waals surface area contributed by atoms with Gasteiger partial charge in [0.1, 0.15) is 0 Å². The van der Waals surface area contributed by atoms with E-state index in [2.05, 4.69) is 13.8 Å². The number of nitrogens with two attached hydrogens (primary N) is 1. The molecule has 2 atom stereocenters. The number of ketones is 1. The first-order valence-corrected chi connectivity index (χ1v) is 6.47. The number of Topliss-reactive ketones (excluding diaryl/α,β-unsaturated/α-hetero) is 1. The first-order chi connectivity index (χ1) is 8.13. The molecule has 2 nitrogen and oxygen atoms in total. The molecule has 0 fully saturated rings. The minimum absolute atomic E-state index is 0.238. The molecule has 2 heteroatoms. The highest BCUT2D eigenvalue weighted by Crippen LogP contribution is 2.15. The van der Waals surface area contributed by atoms with E-state index in [1.54, 1.807) is 0 Å². The quantitative estimate of drug-likeness (QED) is 0.733. The lowest BCUT2D eigenvalue weighted by molar-refractivity contribution is 0.0973. The van der Waals surface area contributed by atoms with Crippen molar-refractivity contribution in [3.8, 4) is 0 Å². The molecule has 0 aliphatic heterocycles. The zero-order chi connectivity index (χ0) is 12.7. The standard InChI is InChI=1S/C15H23NO/c1-3-14(16)11-12(2)9-10-15(17)13-7-5-4-6-8-13/h4-8,12,14H,3,9-11,16H2,1-2H3. The number of hydrogen-bond acceptors (Lipinski definition) is 2. The Morgan fingerprint density at radius 1 is 1.29 bits per heavy atom. The second kappa shape index (κ2) is 7.23. The molecule has 0 saturated heterocycles. The fraction of sp³-hybridized carbons (Fsp3) is 0.533. The Hall–Kier alpha value is -1.15. The fourth-order valence-electron chi connectivity index (χ4n) is 1.95. The van der Waals surface area contributed by atoms with Crippen LogP contribution in [-0.2, 0) is 0 Å². The summed E-state index contributed by atoms with van der Waals surface area (Å²) >= 11 is 0. The molecule has 0 spiro atoms. The number of benzene rings is 1. The Morgan fingerprint density at radius 3 is 2.53 bits per heavy atom. The van der Waals surface area contributed by atoms with Crippen molar-refractivity contribution in [1.82, 2.24) is 0 Å². The molecule has 0 aromatic heterocycles. The number of hydrogen-bond donors (Lipinski definition) is 1. The Morgan fingerprint density at radius 2 is 1.94 bits per heavy atom. The van der Waals surface area contributed by atoms with Gasteiger partial charge in [-0.05, 0) is 25.2 Å². The second-order valence-corrected chi connectivity index (χ2v) is 4.84. The largest absolute Gasteiger partial charge is 0.328 e. The third kappa shape index (κ3) is 5.14. The van der Waals surface area contributed by atoms with Gasteiger partial charge in [-0.25, -0.2) is 0 Å². The lowest BCUT2D eigenvalue weighted by Crippen LogP contribution is -2.21. The normalized spacial score (nSPS) is 14.3. The van der Waals surface area contributed by atoms with E-state index in [4.69, 9.17) is 5.73 Å². The van der Waals surface area contributed by atoms with E-state index < -0.39 is 0 Å². The van der Waals surface area contributed by atoms with E-state index in [-0.39, 0.29) is 11.8 Å². The van der Waals surface area contributed by atoms with Gasteiger partial charge in [0.25, 0.3) is 0 Å². The molecule has 1 rings (SSSR count). The summed E-state index contributed by atoms with van der Waals surface area (Å²) in [6.07, 6.45) is 3.58. The molecular weight excluding hydrogens is 210 g/mol. The Bertz CT molecular complexity index is 334. The van der Waals surface area contributed by atoms with E-state index in [0.717, 1.165) is 24.8 Å². The number of rotatable bonds is 7. The highest BCUT2D eigenvalue weighted by Gasteiger charge is 2.11. The Balaban J connectivity index is 2.33. The zero-order valence-corrected chi connectivity index (χ0v) is 10.9. The average Bonchev–Trinajstić information content (AvgIpc) is 2.36. The molecule has 94 valence electrons. The first-order valence-electron chi connectivity index (χ1n) is 6.47. The van der Waals surface area contributed by atoms with Gasteiger partial charge < -0.3 is 5.73 Å². The maximum absolute atomic E-state index is 11.9. The summed E-state index contributed by atoms with van der Waals surface area (Å²) in [6, 6.07) is 9.78. The van der Waals surface area contributed by atoms with Gasteiger partial charge >= 0.3 is 0 Å². The fourth-order valence-corrected chi connectivity index (χ4v) is 1.95. The van der Waals surface area contributed by atoms with Crippen molar-refractivity contribution >= 4 is 5.78 Å². The van der Waals surface area contributed by atoms with Crippen LogP contribution >= 0.6 is 0 Å². The molecule has 2 unspecified atom stereocenters. The van der Waals surface area contributed by atoms with Crippen molar-refractivity contribution in [3.63, 3.8) is 0 Å². The highest BCUT2D eigenvalue weighted by atomic mass is 16.1. The zero-order valence-electron chi connectivity index (χ0n) is 10.9. The minimum atomic E-state index is 0.238. The maximum atomic E-state index is 11.9. The second-order valence-electron chi connectivity index (χ2n) is 4.84. The van der Waals surface area contributed by atoms with Gasteiger partial charge in [-0.3, -0.25) is 4.79 Å². The van der Waals surface area contributed by atoms with Crippen LogP contribution in [-0.4, -0.2) is 11.8 Å². The third-order valence-electron chi connectivity index (χ3n) is 3.19. The van der Waals surface area contributed by atoms with Crippen molar-refractivity contribution in [2.24, 2.45) is 11.7 Å². The average molecular weight is 233 g/mol. The molecule has 0 heterocycles. The van der Waals surface area contributed by atoms with Crippen LogP contribution in [0.5, 0.6) is 0 Å². The lowest BCUT2D eigenvalue weighted by Gasteiger charge is -2.15. The van der Waals surface area contributed by atoms with Gasteiger partial charge in [0.2, 0.25) is 0 Å². The van der Waals surface area contributed by atoms with Crippen LogP contribution in [0.1, 0.15) is 49.9 Å². The predicted octanol–water partition coefficient (Wildman–Crippen LogP) is 3.41. The van der Waals surface area contributed by atoms with E-state index in [0.29, 0.717) is 12.3 Å². The van der Waals surface area contributed by atoms with Crippen LogP contribution in [0.25, 0.3) is 0 Å². The van der Waals surface area contributed by atoms with Crippen LogP contribution in [0.3, 0.4) is 0 Å². The van der Waals surface area contributed by atoms with Crippen molar-refractivity contribution in [2.45, 2.75) is 45.6 Å². The smallest absolute Gasteiger partial charge is 0.162 e. The molecule has 0 saturated carbocycles. The lowest BCUT2D eigenvalue weighted by atomic mass is 9.94. The van der Waals surface area contributed by atoms with E-state index in [9.17, 15) is 4.79 Å². The highest BCUT2D eigenvalue weighted by molar-refractivity contribution is 5.95. The maximum Gasteiger partial charge on any atom is 0.162 e. The van der Waals surface area contributed by atoms with Crippen molar-refractivity contribution in [2.75, 3.05) is 0 Å². The van der Waals surface area contributed by atoms with E-state index >= 15 is 0 Å². The Labute approximate surface area is 104 Å². The van der Waals surface area contributed by atoms with E-state index in [1.807, 2.05) is 30.3 Å². The molecule has 2 N–H and O–H groups in total. The first kappa shape index (κ1) is 13.9. The van der Waals surface area contributed by atoms with Gasteiger partial charge in [-0.15, -0.1) is 0 Å². The molecule has 1 aromatic rings. The van der Waals surface area contributed by atoms with Crippen LogP contribution in [0, 0.1) is 5.92 Å².